The van der Waals surface area contributed by atoms with E-state index < -0.39 is 0 Å². The highest BCUT2D eigenvalue weighted by atomic mass is 79.9. The van der Waals surface area contributed by atoms with Crippen LogP contribution in [0.5, 0.6) is 0 Å². The maximum atomic E-state index is 13.0. The van der Waals surface area contributed by atoms with Crippen LogP contribution in [-0.2, 0) is 6.54 Å². The van der Waals surface area contributed by atoms with Gasteiger partial charge in [0.2, 0.25) is 0 Å². The first-order valence-electron chi connectivity index (χ1n) is 5.18. The fraction of sp³-hybridized carbons (Fsp3) is 0.500. The number of alkyl halides is 1. The Balaban J connectivity index is 2.65. The Labute approximate surface area is 99.4 Å². The summed E-state index contributed by atoms with van der Waals surface area (Å²) in [5, 5.41) is 0.945. The SMILES string of the molecule is CC(C)N(CCBr)Cc1cccc(F)c1. The topological polar surface area (TPSA) is 3.24 Å². The van der Waals surface area contributed by atoms with Crippen LogP contribution >= 0.6 is 15.9 Å². The summed E-state index contributed by atoms with van der Waals surface area (Å²) in [6.45, 7) is 6.10. The van der Waals surface area contributed by atoms with E-state index >= 15 is 0 Å². The van der Waals surface area contributed by atoms with Crippen molar-refractivity contribution in [2.24, 2.45) is 0 Å². The summed E-state index contributed by atoms with van der Waals surface area (Å²) in [5.74, 6) is -0.157. The van der Waals surface area contributed by atoms with Crippen molar-refractivity contribution in [2.45, 2.75) is 26.4 Å². The molecule has 0 aromatic heterocycles. The second-order valence-corrected chi connectivity index (χ2v) is 4.68. The molecule has 1 aromatic carbocycles. The van der Waals surface area contributed by atoms with Gasteiger partial charge in [0.15, 0.2) is 0 Å². The lowest BCUT2D eigenvalue weighted by Crippen LogP contribution is -2.31. The van der Waals surface area contributed by atoms with Crippen molar-refractivity contribution < 1.29 is 4.39 Å². The van der Waals surface area contributed by atoms with E-state index in [2.05, 4.69) is 34.7 Å². The Morgan fingerprint density at radius 3 is 2.67 bits per heavy atom. The summed E-state index contributed by atoms with van der Waals surface area (Å²) < 4.78 is 13.0. The van der Waals surface area contributed by atoms with Crippen LogP contribution in [0.1, 0.15) is 19.4 Å². The van der Waals surface area contributed by atoms with Gasteiger partial charge in [-0.2, -0.15) is 0 Å². The number of hydrogen-bond donors (Lipinski definition) is 0. The summed E-state index contributed by atoms with van der Waals surface area (Å²) in [4.78, 5) is 2.31. The predicted molar refractivity (Wildman–Crippen MR) is 65.7 cm³/mol. The molecule has 15 heavy (non-hydrogen) atoms. The van der Waals surface area contributed by atoms with E-state index in [1.54, 1.807) is 12.1 Å². The van der Waals surface area contributed by atoms with Gasteiger partial charge in [-0.05, 0) is 31.5 Å². The Morgan fingerprint density at radius 1 is 1.40 bits per heavy atom. The van der Waals surface area contributed by atoms with E-state index in [4.69, 9.17) is 0 Å². The molecule has 3 heteroatoms. The smallest absolute Gasteiger partial charge is 0.123 e. The lowest BCUT2D eigenvalue weighted by atomic mass is 10.2. The van der Waals surface area contributed by atoms with Gasteiger partial charge in [-0.15, -0.1) is 0 Å². The largest absolute Gasteiger partial charge is 0.296 e. The minimum atomic E-state index is -0.157. The van der Waals surface area contributed by atoms with Gasteiger partial charge in [-0.3, -0.25) is 4.90 Å². The third-order valence-electron chi connectivity index (χ3n) is 2.38. The van der Waals surface area contributed by atoms with Crippen molar-refractivity contribution in [1.29, 1.82) is 0 Å². The van der Waals surface area contributed by atoms with Gasteiger partial charge in [-0.1, -0.05) is 28.1 Å². The molecule has 0 saturated carbocycles. The van der Waals surface area contributed by atoms with E-state index in [1.807, 2.05) is 6.07 Å². The zero-order valence-corrected chi connectivity index (χ0v) is 10.8. The molecule has 0 spiro atoms. The lowest BCUT2D eigenvalue weighted by molar-refractivity contribution is 0.227. The molecule has 0 N–H and O–H groups in total. The molecule has 0 aliphatic carbocycles. The van der Waals surface area contributed by atoms with E-state index in [0.717, 1.165) is 24.0 Å². The molecule has 84 valence electrons. The van der Waals surface area contributed by atoms with Gasteiger partial charge in [0.25, 0.3) is 0 Å². The second-order valence-electron chi connectivity index (χ2n) is 3.88. The number of rotatable bonds is 5. The van der Waals surface area contributed by atoms with Gasteiger partial charge in [0.05, 0.1) is 0 Å². The Kier molecular flexibility index (Phi) is 5.26. The Bertz CT molecular complexity index is 301. The molecule has 0 amide bonds. The number of halogens is 2. The van der Waals surface area contributed by atoms with Crippen molar-refractivity contribution in [2.75, 3.05) is 11.9 Å². The van der Waals surface area contributed by atoms with Crippen LogP contribution in [-0.4, -0.2) is 22.8 Å². The standard InChI is InChI=1S/C12H17BrFN/c1-10(2)15(7-6-13)9-11-4-3-5-12(14)8-11/h3-5,8,10H,6-7,9H2,1-2H3. The van der Waals surface area contributed by atoms with Crippen molar-refractivity contribution in [3.63, 3.8) is 0 Å². The van der Waals surface area contributed by atoms with Gasteiger partial charge >= 0.3 is 0 Å². The fourth-order valence-electron chi connectivity index (χ4n) is 1.50. The maximum Gasteiger partial charge on any atom is 0.123 e. The third kappa shape index (κ3) is 4.31. The van der Waals surface area contributed by atoms with Crippen molar-refractivity contribution in [1.82, 2.24) is 4.90 Å². The third-order valence-corrected chi connectivity index (χ3v) is 2.73. The van der Waals surface area contributed by atoms with Crippen LogP contribution in [0.25, 0.3) is 0 Å². The summed E-state index contributed by atoms with van der Waals surface area (Å²) in [6.07, 6.45) is 0. The summed E-state index contributed by atoms with van der Waals surface area (Å²) in [6, 6.07) is 7.28. The lowest BCUT2D eigenvalue weighted by Gasteiger charge is -2.25. The molecular weight excluding hydrogens is 257 g/mol. The molecule has 0 aliphatic rings. The molecule has 1 nitrogen and oxygen atoms in total. The van der Waals surface area contributed by atoms with E-state index in [9.17, 15) is 4.39 Å². The van der Waals surface area contributed by atoms with Crippen molar-refractivity contribution in [3.8, 4) is 0 Å². The molecule has 1 aromatic rings. The highest BCUT2D eigenvalue weighted by Crippen LogP contribution is 2.10. The highest BCUT2D eigenvalue weighted by molar-refractivity contribution is 9.09. The summed E-state index contributed by atoms with van der Waals surface area (Å²) in [5.41, 5.74) is 1.03. The minimum Gasteiger partial charge on any atom is -0.296 e. The van der Waals surface area contributed by atoms with Gasteiger partial charge in [-0.25, -0.2) is 4.39 Å². The molecule has 0 aliphatic heterocycles. The molecule has 0 fully saturated rings. The van der Waals surface area contributed by atoms with Gasteiger partial charge < -0.3 is 0 Å². The zero-order chi connectivity index (χ0) is 11.3. The first-order valence-corrected chi connectivity index (χ1v) is 6.30. The molecule has 0 saturated heterocycles. The van der Waals surface area contributed by atoms with E-state index in [1.165, 1.54) is 6.07 Å². The summed E-state index contributed by atoms with van der Waals surface area (Å²) >= 11 is 3.43. The first kappa shape index (κ1) is 12.7. The number of hydrogen-bond acceptors (Lipinski definition) is 1. The number of nitrogens with zero attached hydrogens (tertiary/aromatic N) is 1. The Hall–Kier alpha value is -0.410. The van der Waals surface area contributed by atoms with Gasteiger partial charge in [0.1, 0.15) is 5.82 Å². The maximum absolute atomic E-state index is 13.0. The predicted octanol–water partition coefficient (Wildman–Crippen LogP) is 3.43. The normalized spacial score (nSPS) is 11.3. The average molecular weight is 274 g/mol. The fourth-order valence-corrected chi connectivity index (χ4v) is 1.95. The zero-order valence-electron chi connectivity index (χ0n) is 9.21. The molecule has 0 atom stereocenters. The molecule has 1 rings (SSSR count). The number of benzene rings is 1. The van der Waals surface area contributed by atoms with E-state index in [0.29, 0.717) is 6.04 Å². The summed E-state index contributed by atoms with van der Waals surface area (Å²) in [7, 11) is 0. The monoisotopic (exact) mass is 273 g/mol. The highest BCUT2D eigenvalue weighted by Gasteiger charge is 2.09. The second kappa shape index (κ2) is 6.23. The first-order chi connectivity index (χ1) is 7.13. The van der Waals surface area contributed by atoms with Crippen LogP contribution in [0.2, 0.25) is 0 Å². The molecule has 0 radical (unpaired) electrons. The molecule has 0 heterocycles. The minimum absolute atomic E-state index is 0.157. The van der Waals surface area contributed by atoms with Crippen LogP contribution in [0, 0.1) is 5.82 Å². The van der Waals surface area contributed by atoms with Crippen LogP contribution in [0.15, 0.2) is 24.3 Å². The average Bonchev–Trinajstić information content (AvgIpc) is 2.17. The molecule has 0 bridgehead atoms. The van der Waals surface area contributed by atoms with Crippen molar-refractivity contribution >= 4 is 15.9 Å². The van der Waals surface area contributed by atoms with Crippen LogP contribution < -0.4 is 0 Å². The quantitative estimate of drug-likeness (QED) is 0.743. The van der Waals surface area contributed by atoms with Crippen molar-refractivity contribution in [3.05, 3.63) is 35.6 Å². The van der Waals surface area contributed by atoms with Crippen LogP contribution in [0.4, 0.5) is 4.39 Å². The molecule has 0 unspecified atom stereocenters. The Morgan fingerprint density at radius 2 is 2.13 bits per heavy atom. The van der Waals surface area contributed by atoms with Gasteiger partial charge in [0, 0.05) is 24.5 Å². The van der Waals surface area contributed by atoms with E-state index in [-0.39, 0.29) is 5.82 Å². The van der Waals surface area contributed by atoms with Crippen LogP contribution in [0.3, 0.4) is 0 Å². The molecular formula is C12H17BrFN.